The average Bonchev–Trinajstić information content (AvgIpc) is 2.76. The first kappa shape index (κ1) is 14.9. The average molecular weight is 277 g/mol. The maximum Gasteiger partial charge on any atom is 0.224 e. The van der Waals surface area contributed by atoms with Crippen LogP contribution in [0.2, 0.25) is 0 Å². The quantitative estimate of drug-likeness (QED) is 0.876. The molecule has 3 nitrogen and oxygen atoms in total. The van der Waals surface area contributed by atoms with Gasteiger partial charge < -0.3 is 10.6 Å². The van der Waals surface area contributed by atoms with Gasteiger partial charge in [0.25, 0.3) is 0 Å². The number of carbonyl (C=O) groups is 1. The van der Waals surface area contributed by atoms with E-state index < -0.39 is 11.6 Å². The minimum Gasteiger partial charge on any atom is -0.352 e. The van der Waals surface area contributed by atoms with Gasteiger partial charge in [-0.1, -0.05) is 6.07 Å². The van der Waals surface area contributed by atoms with Gasteiger partial charge in [0.05, 0.1) is 6.42 Å². The zero-order valence-electron chi connectivity index (χ0n) is 9.71. The van der Waals surface area contributed by atoms with E-state index in [1.165, 1.54) is 6.07 Å². The molecule has 0 spiro atoms. The maximum absolute atomic E-state index is 12.9. The lowest BCUT2D eigenvalue weighted by atomic mass is 10.1. The van der Waals surface area contributed by atoms with Gasteiger partial charge in [0.2, 0.25) is 5.91 Å². The van der Waals surface area contributed by atoms with Gasteiger partial charge in [-0.25, -0.2) is 8.78 Å². The standard InChI is InChI=1S/C12H14F2N2O.ClH/c13-10-2-1-8(5-11(10)14)6-12(17)16-9-3-4-15-7-9;/h1-2,5,9,15H,3-4,6-7H2,(H,16,17);1H. The molecule has 1 fully saturated rings. The van der Waals surface area contributed by atoms with Crippen molar-refractivity contribution in [2.75, 3.05) is 13.1 Å². The lowest BCUT2D eigenvalue weighted by Crippen LogP contribution is -2.37. The molecule has 2 N–H and O–H groups in total. The van der Waals surface area contributed by atoms with E-state index in [-0.39, 0.29) is 30.8 Å². The number of amides is 1. The molecule has 1 aromatic carbocycles. The fourth-order valence-electron chi connectivity index (χ4n) is 1.89. The van der Waals surface area contributed by atoms with Crippen LogP contribution in [0.4, 0.5) is 8.78 Å². The SMILES string of the molecule is Cl.O=C(Cc1ccc(F)c(F)c1)NC1CCNC1. The second kappa shape index (κ2) is 6.66. The number of halogens is 3. The number of hydrogen-bond donors (Lipinski definition) is 2. The first-order chi connectivity index (χ1) is 8.15. The Morgan fingerprint density at radius 3 is 2.78 bits per heavy atom. The van der Waals surface area contributed by atoms with E-state index in [1.54, 1.807) is 0 Å². The molecule has 1 aliphatic rings. The third-order valence-electron chi connectivity index (χ3n) is 2.77. The summed E-state index contributed by atoms with van der Waals surface area (Å²) >= 11 is 0. The molecule has 2 rings (SSSR count). The number of benzene rings is 1. The summed E-state index contributed by atoms with van der Waals surface area (Å²) in [6, 6.07) is 3.66. The third kappa shape index (κ3) is 3.92. The molecule has 1 heterocycles. The first-order valence-electron chi connectivity index (χ1n) is 5.59. The van der Waals surface area contributed by atoms with Crippen LogP contribution < -0.4 is 10.6 Å². The molecule has 6 heteroatoms. The summed E-state index contributed by atoms with van der Waals surface area (Å²) in [4.78, 5) is 11.6. The summed E-state index contributed by atoms with van der Waals surface area (Å²) in [7, 11) is 0. The predicted octanol–water partition coefficient (Wildman–Crippen LogP) is 1.41. The monoisotopic (exact) mass is 276 g/mol. The normalized spacial score (nSPS) is 18.2. The Hall–Kier alpha value is -1.20. The molecule has 1 amide bonds. The van der Waals surface area contributed by atoms with E-state index in [4.69, 9.17) is 0 Å². The van der Waals surface area contributed by atoms with Crippen LogP contribution in [0.15, 0.2) is 18.2 Å². The molecule has 1 unspecified atom stereocenters. The van der Waals surface area contributed by atoms with Crippen molar-refractivity contribution < 1.29 is 13.6 Å². The molecular weight excluding hydrogens is 262 g/mol. The first-order valence-corrected chi connectivity index (χ1v) is 5.59. The summed E-state index contributed by atoms with van der Waals surface area (Å²) in [5, 5.41) is 5.98. The summed E-state index contributed by atoms with van der Waals surface area (Å²) in [5.74, 6) is -1.98. The molecule has 1 aliphatic heterocycles. The molecule has 100 valence electrons. The van der Waals surface area contributed by atoms with E-state index in [9.17, 15) is 13.6 Å². The summed E-state index contributed by atoms with van der Waals surface area (Å²) in [5.41, 5.74) is 0.479. The van der Waals surface area contributed by atoms with Crippen molar-refractivity contribution in [3.63, 3.8) is 0 Å². The van der Waals surface area contributed by atoms with Gasteiger partial charge in [0.1, 0.15) is 0 Å². The van der Waals surface area contributed by atoms with Crippen molar-refractivity contribution in [3.05, 3.63) is 35.4 Å². The van der Waals surface area contributed by atoms with Crippen LogP contribution in [0.25, 0.3) is 0 Å². The Bertz CT molecular complexity index is 423. The highest BCUT2D eigenvalue weighted by molar-refractivity contribution is 5.85. The zero-order valence-corrected chi connectivity index (χ0v) is 10.5. The van der Waals surface area contributed by atoms with Crippen LogP contribution in [0.5, 0.6) is 0 Å². The highest BCUT2D eigenvalue weighted by atomic mass is 35.5. The molecule has 0 saturated carbocycles. The second-order valence-corrected chi connectivity index (χ2v) is 4.18. The second-order valence-electron chi connectivity index (χ2n) is 4.18. The smallest absolute Gasteiger partial charge is 0.224 e. The van der Waals surface area contributed by atoms with Gasteiger partial charge in [0.15, 0.2) is 11.6 Å². The Morgan fingerprint density at radius 1 is 1.39 bits per heavy atom. The molecule has 1 atom stereocenters. The number of rotatable bonds is 3. The van der Waals surface area contributed by atoms with Crippen LogP contribution >= 0.6 is 12.4 Å². The Balaban J connectivity index is 0.00000162. The number of carbonyl (C=O) groups excluding carboxylic acids is 1. The lowest BCUT2D eigenvalue weighted by molar-refractivity contribution is -0.121. The van der Waals surface area contributed by atoms with Gasteiger partial charge >= 0.3 is 0 Å². The van der Waals surface area contributed by atoms with Crippen molar-refractivity contribution in [3.8, 4) is 0 Å². The minimum atomic E-state index is -0.919. The van der Waals surface area contributed by atoms with Crippen LogP contribution in [-0.2, 0) is 11.2 Å². The van der Waals surface area contributed by atoms with Gasteiger partial charge in [-0.15, -0.1) is 12.4 Å². The predicted molar refractivity (Wildman–Crippen MR) is 66.7 cm³/mol. The Morgan fingerprint density at radius 2 is 2.17 bits per heavy atom. The highest BCUT2D eigenvalue weighted by Gasteiger charge is 2.16. The van der Waals surface area contributed by atoms with Crippen molar-refractivity contribution in [2.24, 2.45) is 0 Å². The fourth-order valence-corrected chi connectivity index (χ4v) is 1.89. The van der Waals surface area contributed by atoms with Gasteiger partial charge in [-0.3, -0.25) is 4.79 Å². The highest BCUT2D eigenvalue weighted by Crippen LogP contribution is 2.09. The van der Waals surface area contributed by atoms with Crippen LogP contribution in [0.1, 0.15) is 12.0 Å². The van der Waals surface area contributed by atoms with E-state index in [2.05, 4.69) is 10.6 Å². The van der Waals surface area contributed by atoms with Gasteiger partial charge in [-0.2, -0.15) is 0 Å². The van der Waals surface area contributed by atoms with Crippen molar-refractivity contribution >= 4 is 18.3 Å². The fraction of sp³-hybridized carbons (Fsp3) is 0.417. The largest absolute Gasteiger partial charge is 0.352 e. The van der Waals surface area contributed by atoms with Crippen LogP contribution in [-0.4, -0.2) is 25.0 Å². The van der Waals surface area contributed by atoms with E-state index >= 15 is 0 Å². The molecule has 0 bridgehead atoms. The van der Waals surface area contributed by atoms with Gasteiger partial charge in [0, 0.05) is 12.6 Å². The van der Waals surface area contributed by atoms with Crippen LogP contribution in [0, 0.1) is 11.6 Å². The molecule has 0 aliphatic carbocycles. The van der Waals surface area contributed by atoms with Crippen molar-refractivity contribution in [2.45, 2.75) is 18.9 Å². The molecule has 1 saturated heterocycles. The molecule has 0 aromatic heterocycles. The summed E-state index contributed by atoms with van der Waals surface area (Å²) in [6.07, 6.45) is 0.983. The van der Waals surface area contributed by atoms with E-state index in [1.807, 2.05) is 0 Å². The molecule has 18 heavy (non-hydrogen) atoms. The van der Waals surface area contributed by atoms with Crippen LogP contribution in [0.3, 0.4) is 0 Å². The molecular formula is C12H15ClF2N2O. The summed E-state index contributed by atoms with van der Waals surface area (Å²) < 4.78 is 25.6. The molecule has 0 radical (unpaired) electrons. The zero-order chi connectivity index (χ0) is 12.3. The summed E-state index contributed by atoms with van der Waals surface area (Å²) in [6.45, 7) is 1.67. The third-order valence-corrected chi connectivity index (χ3v) is 2.77. The number of nitrogens with one attached hydrogen (secondary N) is 2. The van der Waals surface area contributed by atoms with Gasteiger partial charge in [-0.05, 0) is 30.7 Å². The lowest BCUT2D eigenvalue weighted by Gasteiger charge is -2.11. The van der Waals surface area contributed by atoms with Crippen molar-refractivity contribution in [1.82, 2.24) is 10.6 Å². The topological polar surface area (TPSA) is 41.1 Å². The number of hydrogen-bond acceptors (Lipinski definition) is 2. The van der Waals surface area contributed by atoms with E-state index in [0.717, 1.165) is 31.6 Å². The van der Waals surface area contributed by atoms with E-state index in [0.29, 0.717) is 5.56 Å². The Kier molecular flexibility index (Phi) is 5.50. The minimum absolute atomic E-state index is 0. The maximum atomic E-state index is 12.9. The Labute approximate surface area is 110 Å². The van der Waals surface area contributed by atoms with Crippen molar-refractivity contribution in [1.29, 1.82) is 0 Å². The molecule has 1 aromatic rings.